The molecule has 10 heavy (non-hydrogen) atoms. The molecule has 0 bridgehead atoms. The minimum Gasteiger partial charge on any atom is -0.0613 e. The van der Waals surface area contributed by atoms with E-state index in [9.17, 15) is 0 Å². The monoisotopic (exact) mass is 197 g/mol. The molecule has 53 valence electrons. The Kier molecular flexibility index (Phi) is 2.50. The Morgan fingerprint density at radius 1 is 1.50 bits per heavy atom. The summed E-state index contributed by atoms with van der Waals surface area (Å²) < 4.78 is 1.10. The summed E-state index contributed by atoms with van der Waals surface area (Å²) in [5, 5.41) is 0. The van der Waals surface area contributed by atoms with Crippen molar-refractivity contribution >= 4 is 15.9 Å². The van der Waals surface area contributed by atoms with Crippen LogP contribution in [-0.2, 0) is 6.42 Å². The zero-order valence-corrected chi connectivity index (χ0v) is 7.61. The molecule has 0 saturated heterocycles. The van der Waals surface area contributed by atoms with Gasteiger partial charge in [-0.15, -0.1) is 0 Å². The first-order valence-corrected chi connectivity index (χ1v) is 4.13. The van der Waals surface area contributed by atoms with Crippen LogP contribution in [0.15, 0.2) is 22.7 Å². The van der Waals surface area contributed by atoms with E-state index in [0.717, 1.165) is 16.5 Å². The third kappa shape index (κ3) is 1.60. The highest BCUT2D eigenvalue weighted by Crippen LogP contribution is 2.17. The highest BCUT2D eigenvalue weighted by atomic mass is 79.9. The summed E-state index contributed by atoms with van der Waals surface area (Å²) in [6.07, 6.45) is 1.08. The van der Waals surface area contributed by atoms with Crippen molar-refractivity contribution in [2.45, 2.75) is 13.3 Å². The number of aryl methyl sites for hydroxylation is 1. The molecule has 1 aromatic carbocycles. The van der Waals surface area contributed by atoms with Crippen LogP contribution in [-0.4, -0.2) is 0 Å². The van der Waals surface area contributed by atoms with E-state index in [-0.39, 0.29) is 0 Å². The summed E-state index contributed by atoms with van der Waals surface area (Å²) in [5.74, 6) is 0. The molecule has 0 unspecified atom stereocenters. The Labute approximate surface area is 70.4 Å². The Bertz CT molecular complexity index is 228. The standard InChI is InChI=1S/C9H10Br/c1-3-8-5-4-7(2)9(10)6-8/h4-6H,2-3H2,1H3. The summed E-state index contributed by atoms with van der Waals surface area (Å²) in [6.45, 7) is 5.99. The third-order valence-electron chi connectivity index (χ3n) is 1.53. The lowest BCUT2D eigenvalue weighted by molar-refractivity contribution is 1.13. The second kappa shape index (κ2) is 3.20. The molecule has 1 heteroatoms. The van der Waals surface area contributed by atoms with Crippen molar-refractivity contribution < 1.29 is 0 Å². The van der Waals surface area contributed by atoms with E-state index in [2.05, 4.69) is 41.9 Å². The van der Waals surface area contributed by atoms with Gasteiger partial charge in [-0.25, -0.2) is 0 Å². The van der Waals surface area contributed by atoms with Crippen molar-refractivity contribution in [3.63, 3.8) is 0 Å². The second-order valence-electron chi connectivity index (χ2n) is 2.28. The predicted molar refractivity (Wildman–Crippen MR) is 48.0 cm³/mol. The van der Waals surface area contributed by atoms with Gasteiger partial charge in [0.1, 0.15) is 0 Å². The molecule has 0 fully saturated rings. The molecule has 0 saturated carbocycles. The minimum atomic E-state index is 1.05. The van der Waals surface area contributed by atoms with Gasteiger partial charge in [0.2, 0.25) is 0 Å². The zero-order valence-electron chi connectivity index (χ0n) is 6.02. The van der Waals surface area contributed by atoms with E-state index in [1.54, 1.807) is 0 Å². The van der Waals surface area contributed by atoms with Crippen LogP contribution in [0.1, 0.15) is 18.1 Å². The lowest BCUT2D eigenvalue weighted by atomic mass is 10.1. The molecule has 1 aromatic rings. The molecule has 0 aliphatic heterocycles. The summed E-state index contributed by atoms with van der Waals surface area (Å²) in [5.41, 5.74) is 2.40. The van der Waals surface area contributed by atoms with Crippen molar-refractivity contribution in [2.75, 3.05) is 0 Å². The van der Waals surface area contributed by atoms with Crippen LogP contribution in [0.4, 0.5) is 0 Å². The van der Waals surface area contributed by atoms with Crippen molar-refractivity contribution in [1.82, 2.24) is 0 Å². The number of rotatable bonds is 1. The molecule has 0 N–H and O–H groups in total. The van der Waals surface area contributed by atoms with Crippen LogP contribution in [0.2, 0.25) is 0 Å². The molecule has 0 aliphatic rings. The fourth-order valence-electron chi connectivity index (χ4n) is 0.811. The van der Waals surface area contributed by atoms with Gasteiger partial charge in [0.05, 0.1) is 0 Å². The average Bonchev–Trinajstić information content (AvgIpc) is 1.95. The average molecular weight is 198 g/mol. The topological polar surface area (TPSA) is 0 Å². The van der Waals surface area contributed by atoms with Crippen LogP contribution in [0.3, 0.4) is 0 Å². The van der Waals surface area contributed by atoms with Crippen LogP contribution in [0.25, 0.3) is 0 Å². The maximum atomic E-state index is 3.85. The molecule has 1 radical (unpaired) electrons. The highest BCUT2D eigenvalue weighted by molar-refractivity contribution is 9.10. The highest BCUT2D eigenvalue weighted by Gasteiger charge is 1.93. The van der Waals surface area contributed by atoms with E-state index < -0.39 is 0 Å². The maximum absolute atomic E-state index is 3.85. The molecule has 0 amide bonds. The van der Waals surface area contributed by atoms with Gasteiger partial charge in [0.25, 0.3) is 0 Å². The number of hydrogen-bond acceptors (Lipinski definition) is 0. The lowest BCUT2D eigenvalue weighted by Gasteiger charge is -1.99. The predicted octanol–water partition coefficient (Wildman–Crippen LogP) is 3.19. The number of halogens is 1. The van der Waals surface area contributed by atoms with E-state index in [0.29, 0.717) is 0 Å². The fourth-order valence-corrected chi connectivity index (χ4v) is 1.24. The lowest BCUT2D eigenvalue weighted by Crippen LogP contribution is -1.81. The van der Waals surface area contributed by atoms with Crippen LogP contribution < -0.4 is 0 Å². The molecule has 0 atom stereocenters. The Morgan fingerprint density at radius 2 is 2.20 bits per heavy atom. The van der Waals surface area contributed by atoms with Gasteiger partial charge in [0, 0.05) is 4.47 Å². The van der Waals surface area contributed by atoms with Gasteiger partial charge in [-0.05, 0) is 30.5 Å². The minimum absolute atomic E-state index is 1.05. The van der Waals surface area contributed by atoms with Gasteiger partial charge >= 0.3 is 0 Å². The molecule has 1 rings (SSSR count). The van der Waals surface area contributed by atoms with E-state index >= 15 is 0 Å². The normalized spacial score (nSPS) is 9.90. The molecular formula is C9H10Br. The van der Waals surface area contributed by atoms with Crippen molar-refractivity contribution in [1.29, 1.82) is 0 Å². The number of hydrogen-bond donors (Lipinski definition) is 0. The Morgan fingerprint density at radius 3 is 2.70 bits per heavy atom. The Balaban J connectivity index is 3.04. The molecule has 0 aromatic heterocycles. The van der Waals surface area contributed by atoms with E-state index in [4.69, 9.17) is 0 Å². The first-order chi connectivity index (χ1) is 4.74. The van der Waals surface area contributed by atoms with Crippen LogP contribution in [0, 0.1) is 6.92 Å². The molecule has 0 nitrogen and oxygen atoms in total. The van der Waals surface area contributed by atoms with Crippen LogP contribution >= 0.6 is 15.9 Å². The first kappa shape index (κ1) is 7.80. The third-order valence-corrected chi connectivity index (χ3v) is 2.26. The summed E-state index contributed by atoms with van der Waals surface area (Å²) in [7, 11) is 0. The summed E-state index contributed by atoms with van der Waals surface area (Å²) in [4.78, 5) is 0. The van der Waals surface area contributed by atoms with Gasteiger partial charge in [0.15, 0.2) is 0 Å². The quantitative estimate of drug-likeness (QED) is 0.649. The smallest absolute Gasteiger partial charge is 0.0210 e. The maximum Gasteiger partial charge on any atom is 0.0210 e. The van der Waals surface area contributed by atoms with Gasteiger partial charge in [-0.1, -0.05) is 35.0 Å². The molecule has 0 heterocycles. The fraction of sp³-hybridized carbons (Fsp3) is 0.222. The van der Waals surface area contributed by atoms with E-state index in [1.165, 1.54) is 5.56 Å². The van der Waals surface area contributed by atoms with Crippen molar-refractivity contribution in [2.24, 2.45) is 0 Å². The van der Waals surface area contributed by atoms with Crippen molar-refractivity contribution in [3.05, 3.63) is 40.7 Å². The molecular weight excluding hydrogens is 188 g/mol. The summed E-state index contributed by atoms with van der Waals surface area (Å²) >= 11 is 3.42. The molecule has 0 aliphatic carbocycles. The van der Waals surface area contributed by atoms with E-state index in [1.807, 2.05) is 6.07 Å². The molecule has 0 spiro atoms. The first-order valence-electron chi connectivity index (χ1n) is 3.34. The van der Waals surface area contributed by atoms with Gasteiger partial charge in [-0.2, -0.15) is 0 Å². The second-order valence-corrected chi connectivity index (χ2v) is 3.13. The SMILES string of the molecule is [CH2]c1ccc(CC)cc1Br. The van der Waals surface area contributed by atoms with Gasteiger partial charge in [-0.3, -0.25) is 0 Å². The summed E-state index contributed by atoms with van der Waals surface area (Å²) in [6, 6.07) is 6.25. The Hall–Kier alpha value is -0.300. The van der Waals surface area contributed by atoms with Gasteiger partial charge < -0.3 is 0 Å². The van der Waals surface area contributed by atoms with Crippen LogP contribution in [0.5, 0.6) is 0 Å². The largest absolute Gasteiger partial charge is 0.0613 e. The number of benzene rings is 1. The zero-order chi connectivity index (χ0) is 7.56. The van der Waals surface area contributed by atoms with Crippen molar-refractivity contribution in [3.8, 4) is 0 Å².